The Morgan fingerprint density at radius 1 is 1.44 bits per heavy atom. The number of pyridine rings is 1. The number of amides is 3. The number of nitrogens with zero attached hydrogens (tertiary/aromatic N) is 2. The Bertz CT molecular complexity index is 478. The number of aromatic nitrogens is 1. The molecule has 96 valence electrons. The Balaban J connectivity index is 2.10. The van der Waals surface area contributed by atoms with Crippen molar-refractivity contribution in [2.45, 2.75) is 32.4 Å². The maximum atomic E-state index is 12.0. The molecule has 6 heteroatoms. The number of carbonyl (C=O) groups is 2. The normalized spacial score (nSPS) is 19.2. The van der Waals surface area contributed by atoms with Crippen LogP contribution in [0.5, 0.6) is 0 Å². The summed E-state index contributed by atoms with van der Waals surface area (Å²) in [6.45, 7) is 2.13. The maximum Gasteiger partial charge on any atom is 0.325 e. The van der Waals surface area contributed by atoms with Crippen molar-refractivity contribution < 1.29 is 9.59 Å². The molecule has 1 aliphatic rings. The first-order chi connectivity index (χ1) is 8.61. The fraction of sp³-hybridized carbons (Fsp3) is 0.417. The summed E-state index contributed by atoms with van der Waals surface area (Å²) in [5.74, 6) is -0.191. The standard InChI is InChI=1S/C12H14ClN3O2/c1-2-4-9-11(17)16(12(18)15-9)7-8-5-3-6-10(13)14-8/h3,5-6,9H,2,4,7H2,1H3,(H,15,18). The van der Waals surface area contributed by atoms with Crippen molar-refractivity contribution in [1.29, 1.82) is 0 Å². The molecule has 2 rings (SSSR count). The monoisotopic (exact) mass is 267 g/mol. The van der Waals surface area contributed by atoms with Crippen LogP contribution in [-0.4, -0.2) is 27.9 Å². The van der Waals surface area contributed by atoms with Gasteiger partial charge in [-0.3, -0.25) is 9.69 Å². The third kappa shape index (κ3) is 2.61. The number of nitrogens with one attached hydrogen (secondary N) is 1. The van der Waals surface area contributed by atoms with E-state index in [0.717, 1.165) is 6.42 Å². The molecule has 0 bridgehead atoms. The number of halogens is 1. The summed E-state index contributed by atoms with van der Waals surface area (Å²) in [4.78, 5) is 28.9. The lowest BCUT2D eigenvalue weighted by Crippen LogP contribution is -2.31. The van der Waals surface area contributed by atoms with E-state index in [1.807, 2.05) is 6.92 Å². The van der Waals surface area contributed by atoms with Crippen LogP contribution < -0.4 is 5.32 Å². The fourth-order valence-corrected chi connectivity index (χ4v) is 2.09. The van der Waals surface area contributed by atoms with E-state index in [1.54, 1.807) is 18.2 Å². The van der Waals surface area contributed by atoms with E-state index in [9.17, 15) is 9.59 Å². The van der Waals surface area contributed by atoms with Gasteiger partial charge in [-0.25, -0.2) is 9.78 Å². The highest BCUT2D eigenvalue weighted by molar-refractivity contribution is 6.29. The molecule has 5 nitrogen and oxygen atoms in total. The minimum Gasteiger partial charge on any atom is -0.326 e. The third-order valence-corrected chi connectivity index (χ3v) is 2.99. The highest BCUT2D eigenvalue weighted by atomic mass is 35.5. The number of carbonyl (C=O) groups excluding carboxylic acids is 2. The highest BCUT2D eigenvalue weighted by Crippen LogP contribution is 2.15. The van der Waals surface area contributed by atoms with E-state index in [4.69, 9.17) is 11.6 Å². The number of urea groups is 1. The zero-order valence-corrected chi connectivity index (χ0v) is 10.8. The lowest BCUT2D eigenvalue weighted by Gasteiger charge is -2.12. The minimum atomic E-state index is -0.401. The Morgan fingerprint density at radius 2 is 2.22 bits per heavy atom. The van der Waals surface area contributed by atoms with Gasteiger partial charge in [-0.05, 0) is 18.6 Å². The van der Waals surface area contributed by atoms with Crippen molar-refractivity contribution >= 4 is 23.5 Å². The smallest absolute Gasteiger partial charge is 0.325 e. The van der Waals surface area contributed by atoms with Gasteiger partial charge in [0.1, 0.15) is 11.2 Å². The molecule has 1 N–H and O–H groups in total. The molecule has 0 radical (unpaired) electrons. The second-order valence-corrected chi connectivity index (χ2v) is 4.55. The molecule has 0 aromatic carbocycles. The molecule has 2 heterocycles. The van der Waals surface area contributed by atoms with Crippen molar-refractivity contribution in [2.24, 2.45) is 0 Å². The molecule has 1 aromatic heterocycles. The molecule has 1 saturated heterocycles. The van der Waals surface area contributed by atoms with E-state index in [1.165, 1.54) is 4.90 Å². The summed E-state index contributed by atoms with van der Waals surface area (Å²) in [6, 6.07) is 4.37. The van der Waals surface area contributed by atoms with Crippen LogP contribution in [0, 0.1) is 0 Å². The molecule has 1 unspecified atom stereocenters. The van der Waals surface area contributed by atoms with Crippen molar-refractivity contribution in [3.05, 3.63) is 29.0 Å². The average Bonchev–Trinajstić information content (AvgIpc) is 2.58. The van der Waals surface area contributed by atoms with Crippen LogP contribution in [0.2, 0.25) is 5.15 Å². The van der Waals surface area contributed by atoms with Crippen LogP contribution in [0.3, 0.4) is 0 Å². The van der Waals surface area contributed by atoms with Gasteiger partial charge in [0.15, 0.2) is 0 Å². The molecule has 3 amide bonds. The summed E-state index contributed by atoms with van der Waals surface area (Å²) in [7, 11) is 0. The van der Waals surface area contributed by atoms with Gasteiger partial charge < -0.3 is 5.32 Å². The maximum absolute atomic E-state index is 12.0. The van der Waals surface area contributed by atoms with Crippen molar-refractivity contribution in [3.8, 4) is 0 Å². The summed E-state index contributed by atoms with van der Waals surface area (Å²) >= 11 is 5.77. The van der Waals surface area contributed by atoms with Crippen LogP contribution in [0.4, 0.5) is 4.79 Å². The van der Waals surface area contributed by atoms with Crippen LogP contribution in [0.15, 0.2) is 18.2 Å². The molecular formula is C12H14ClN3O2. The molecule has 0 aliphatic carbocycles. The van der Waals surface area contributed by atoms with Gasteiger partial charge in [-0.15, -0.1) is 0 Å². The molecular weight excluding hydrogens is 254 g/mol. The number of hydrogen-bond donors (Lipinski definition) is 1. The zero-order chi connectivity index (χ0) is 13.1. The van der Waals surface area contributed by atoms with Gasteiger partial charge in [-0.2, -0.15) is 0 Å². The molecule has 1 aromatic rings. The lowest BCUT2D eigenvalue weighted by molar-refractivity contribution is -0.128. The average molecular weight is 268 g/mol. The van der Waals surface area contributed by atoms with E-state index >= 15 is 0 Å². The van der Waals surface area contributed by atoms with Crippen LogP contribution in [-0.2, 0) is 11.3 Å². The van der Waals surface area contributed by atoms with Gasteiger partial charge in [0, 0.05) is 0 Å². The summed E-state index contributed by atoms with van der Waals surface area (Å²) in [5, 5.41) is 3.02. The summed E-state index contributed by atoms with van der Waals surface area (Å²) < 4.78 is 0. The molecule has 1 aliphatic heterocycles. The quantitative estimate of drug-likeness (QED) is 0.670. The van der Waals surface area contributed by atoms with Gasteiger partial charge in [0.2, 0.25) is 0 Å². The van der Waals surface area contributed by atoms with Crippen LogP contribution in [0.25, 0.3) is 0 Å². The SMILES string of the molecule is CCCC1NC(=O)N(Cc2cccc(Cl)n2)C1=O. The van der Waals surface area contributed by atoms with Gasteiger partial charge >= 0.3 is 6.03 Å². The molecule has 18 heavy (non-hydrogen) atoms. The Morgan fingerprint density at radius 3 is 2.89 bits per heavy atom. The summed E-state index contributed by atoms with van der Waals surface area (Å²) in [5.41, 5.74) is 0.600. The van der Waals surface area contributed by atoms with Gasteiger partial charge in [-0.1, -0.05) is 31.0 Å². The Hall–Kier alpha value is -1.62. The van der Waals surface area contributed by atoms with Crippen molar-refractivity contribution in [1.82, 2.24) is 15.2 Å². The highest BCUT2D eigenvalue weighted by Gasteiger charge is 2.37. The van der Waals surface area contributed by atoms with Crippen molar-refractivity contribution in [2.75, 3.05) is 0 Å². The number of rotatable bonds is 4. The van der Waals surface area contributed by atoms with E-state index in [0.29, 0.717) is 17.3 Å². The fourth-order valence-electron chi connectivity index (χ4n) is 1.91. The van der Waals surface area contributed by atoms with Gasteiger partial charge in [0.25, 0.3) is 5.91 Å². The first-order valence-electron chi connectivity index (χ1n) is 5.85. The van der Waals surface area contributed by atoms with E-state index < -0.39 is 6.04 Å². The Kier molecular flexibility index (Phi) is 3.81. The third-order valence-electron chi connectivity index (χ3n) is 2.78. The molecule has 1 atom stereocenters. The second kappa shape index (κ2) is 5.35. The van der Waals surface area contributed by atoms with Crippen LogP contribution in [0.1, 0.15) is 25.5 Å². The van der Waals surface area contributed by atoms with E-state index in [2.05, 4.69) is 10.3 Å². The Labute approximate surface area is 110 Å². The largest absolute Gasteiger partial charge is 0.326 e. The zero-order valence-electron chi connectivity index (χ0n) is 10.0. The topological polar surface area (TPSA) is 62.3 Å². The molecule has 0 spiro atoms. The molecule has 1 fully saturated rings. The minimum absolute atomic E-state index is 0.158. The summed E-state index contributed by atoms with van der Waals surface area (Å²) in [6.07, 6.45) is 1.50. The number of hydrogen-bond acceptors (Lipinski definition) is 3. The van der Waals surface area contributed by atoms with Crippen molar-refractivity contribution in [3.63, 3.8) is 0 Å². The predicted octanol–water partition coefficient (Wildman–Crippen LogP) is 1.96. The molecule has 0 saturated carbocycles. The first-order valence-corrected chi connectivity index (χ1v) is 6.23. The van der Waals surface area contributed by atoms with Crippen LogP contribution >= 0.6 is 11.6 Å². The number of imide groups is 1. The second-order valence-electron chi connectivity index (χ2n) is 4.17. The lowest BCUT2D eigenvalue weighted by atomic mass is 10.1. The predicted molar refractivity (Wildman–Crippen MR) is 67.0 cm³/mol. The first kappa shape index (κ1) is 12.8. The van der Waals surface area contributed by atoms with E-state index in [-0.39, 0.29) is 18.5 Å². The van der Waals surface area contributed by atoms with Gasteiger partial charge in [0.05, 0.1) is 12.2 Å².